The maximum absolute atomic E-state index is 11.1. The smallest absolute Gasteiger partial charge is 0.126 e. The summed E-state index contributed by atoms with van der Waals surface area (Å²) in [6, 6.07) is 0. The van der Waals surface area contributed by atoms with Crippen LogP contribution >= 0.6 is 0 Å². The van der Waals surface area contributed by atoms with Crippen LogP contribution in [0.1, 0.15) is 45.4 Å². The Bertz CT molecular complexity index is 180. The first-order chi connectivity index (χ1) is 6.23. The van der Waals surface area contributed by atoms with Gasteiger partial charge in [0, 0.05) is 5.41 Å². The molecule has 0 N–H and O–H groups in total. The molecule has 0 saturated heterocycles. The zero-order chi connectivity index (χ0) is 9.73. The largest absolute Gasteiger partial charge is 0.303 e. The number of allylic oxidation sites excluding steroid dienone is 1. The van der Waals surface area contributed by atoms with Crippen molar-refractivity contribution in [2.75, 3.05) is 0 Å². The first kappa shape index (κ1) is 10.5. The Morgan fingerprint density at radius 3 is 2.46 bits per heavy atom. The molecule has 1 aliphatic carbocycles. The van der Waals surface area contributed by atoms with Gasteiger partial charge in [-0.1, -0.05) is 32.3 Å². The Morgan fingerprint density at radius 1 is 1.38 bits per heavy atom. The van der Waals surface area contributed by atoms with Crippen molar-refractivity contribution in [3.8, 4) is 0 Å². The summed E-state index contributed by atoms with van der Waals surface area (Å²) in [6.07, 6.45) is 10.2. The Kier molecular flexibility index (Phi) is 3.71. The van der Waals surface area contributed by atoms with E-state index in [9.17, 15) is 4.79 Å². The molecule has 0 radical (unpaired) electrons. The van der Waals surface area contributed by atoms with Crippen LogP contribution in [0.4, 0.5) is 0 Å². The lowest BCUT2D eigenvalue weighted by molar-refractivity contribution is -0.118. The number of hydrogen-bond donors (Lipinski definition) is 0. The highest BCUT2D eigenvalue weighted by Gasteiger charge is 2.33. The Hall–Kier alpha value is -0.590. The SMILES string of the molecule is C=CCC(C)(C=O)C1CCCCC1. The summed E-state index contributed by atoms with van der Waals surface area (Å²) in [4.78, 5) is 11.1. The lowest BCUT2D eigenvalue weighted by atomic mass is 9.69. The molecule has 1 atom stereocenters. The average molecular weight is 180 g/mol. The van der Waals surface area contributed by atoms with E-state index in [1.165, 1.54) is 32.1 Å². The molecule has 0 heterocycles. The van der Waals surface area contributed by atoms with E-state index in [1.54, 1.807) is 0 Å². The van der Waals surface area contributed by atoms with Crippen molar-refractivity contribution >= 4 is 6.29 Å². The average Bonchev–Trinajstić information content (AvgIpc) is 2.19. The highest BCUT2D eigenvalue weighted by atomic mass is 16.1. The van der Waals surface area contributed by atoms with Gasteiger partial charge in [0.2, 0.25) is 0 Å². The molecule has 1 aliphatic rings. The molecule has 0 spiro atoms. The van der Waals surface area contributed by atoms with E-state index in [0.29, 0.717) is 5.92 Å². The van der Waals surface area contributed by atoms with Crippen LogP contribution in [0.25, 0.3) is 0 Å². The predicted molar refractivity (Wildman–Crippen MR) is 55.6 cm³/mol. The lowest BCUT2D eigenvalue weighted by Gasteiger charge is -2.34. The highest BCUT2D eigenvalue weighted by Crippen LogP contribution is 2.39. The summed E-state index contributed by atoms with van der Waals surface area (Å²) in [5, 5.41) is 0. The zero-order valence-corrected chi connectivity index (χ0v) is 8.59. The standard InChI is InChI=1S/C12H20O/c1-3-9-12(2,10-13)11-7-5-4-6-8-11/h3,10-11H,1,4-9H2,2H3. The second-order valence-electron chi connectivity index (χ2n) is 4.45. The maximum atomic E-state index is 11.1. The molecule has 1 fully saturated rings. The van der Waals surface area contributed by atoms with Gasteiger partial charge in [-0.3, -0.25) is 0 Å². The lowest BCUT2D eigenvalue weighted by Crippen LogP contribution is -2.30. The van der Waals surface area contributed by atoms with Crippen LogP contribution in [0.15, 0.2) is 12.7 Å². The van der Waals surface area contributed by atoms with Crippen molar-refractivity contribution in [2.45, 2.75) is 45.4 Å². The van der Waals surface area contributed by atoms with Gasteiger partial charge in [0.25, 0.3) is 0 Å². The van der Waals surface area contributed by atoms with Crippen LogP contribution in [0.2, 0.25) is 0 Å². The van der Waals surface area contributed by atoms with Gasteiger partial charge in [0.1, 0.15) is 6.29 Å². The number of carbonyl (C=O) groups is 1. The van der Waals surface area contributed by atoms with Crippen molar-refractivity contribution < 1.29 is 4.79 Å². The molecule has 1 unspecified atom stereocenters. The van der Waals surface area contributed by atoms with Crippen LogP contribution in [0.3, 0.4) is 0 Å². The van der Waals surface area contributed by atoms with Crippen molar-refractivity contribution in [3.05, 3.63) is 12.7 Å². The van der Waals surface area contributed by atoms with Gasteiger partial charge in [-0.2, -0.15) is 0 Å². The Labute approximate surface area is 81.2 Å². The van der Waals surface area contributed by atoms with E-state index < -0.39 is 0 Å². The van der Waals surface area contributed by atoms with E-state index in [-0.39, 0.29) is 5.41 Å². The monoisotopic (exact) mass is 180 g/mol. The van der Waals surface area contributed by atoms with E-state index in [4.69, 9.17) is 0 Å². The normalized spacial score (nSPS) is 23.5. The number of aldehydes is 1. The molecule has 1 heteroatoms. The van der Waals surface area contributed by atoms with E-state index in [2.05, 4.69) is 13.5 Å². The number of carbonyl (C=O) groups excluding carboxylic acids is 1. The molecular weight excluding hydrogens is 160 g/mol. The number of hydrogen-bond acceptors (Lipinski definition) is 1. The third-order valence-corrected chi connectivity index (χ3v) is 3.39. The molecule has 0 aromatic carbocycles. The molecule has 74 valence electrons. The van der Waals surface area contributed by atoms with Gasteiger partial charge in [-0.25, -0.2) is 0 Å². The summed E-state index contributed by atoms with van der Waals surface area (Å²) >= 11 is 0. The quantitative estimate of drug-likeness (QED) is 0.479. The summed E-state index contributed by atoms with van der Waals surface area (Å²) in [5.41, 5.74) is -0.137. The molecule has 13 heavy (non-hydrogen) atoms. The molecule has 0 aliphatic heterocycles. The Balaban J connectivity index is 2.61. The van der Waals surface area contributed by atoms with Crippen LogP contribution in [0.5, 0.6) is 0 Å². The predicted octanol–water partition coefficient (Wildman–Crippen LogP) is 3.35. The fourth-order valence-corrected chi connectivity index (χ4v) is 2.38. The third-order valence-electron chi connectivity index (χ3n) is 3.39. The summed E-state index contributed by atoms with van der Waals surface area (Å²) in [7, 11) is 0. The molecule has 0 aromatic heterocycles. The van der Waals surface area contributed by atoms with Gasteiger partial charge < -0.3 is 4.79 Å². The zero-order valence-electron chi connectivity index (χ0n) is 8.59. The summed E-state index contributed by atoms with van der Waals surface area (Å²) in [5.74, 6) is 0.594. The van der Waals surface area contributed by atoms with Gasteiger partial charge >= 0.3 is 0 Å². The van der Waals surface area contributed by atoms with Gasteiger partial charge in [0.05, 0.1) is 0 Å². The molecule has 1 nitrogen and oxygen atoms in total. The fourth-order valence-electron chi connectivity index (χ4n) is 2.38. The van der Waals surface area contributed by atoms with Crippen LogP contribution in [0, 0.1) is 11.3 Å². The second kappa shape index (κ2) is 4.59. The van der Waals surface area contributed by atoms with Crippen molar-refractivity contribution in [1.82, 2.24) is 0 Å². The molecular formula is C12H20O. The Morgan fingerprint density at radius 2 is 2.00 bits per heavy atom. The van der Waals surface area contributed by atoms with E-state index in [1.807, 2.05) is 6.08 Å². The molecule has 1 rings (SSSR count). The van der Waals surface area contributed by atoms with Crippen LogP contribution in [-0.2, 0) is 4.79 Å². The van der Waals surface area contributed by atoms with Gasteiger partial charge in [-0.05, 0) is 25.2 Å². The second-order valence-corrected chi connectivity index (χ2v) is 4.45. The summed E-state index contributed by atoms with van der Waals surface area (Å²) < 4.78 is 0. The fraction of sp³-hybridized carbons (Fsp3) is 0.750. The van der Waals surface area contributed by atoms with E-state index in [0.717, 1.165) is 12.7 Å². The van der Waals surface area contributed by atoms with Crippen molar-refractivity contribution in [3.63, 3.8) is 0 Å². The van der Waals surface area contributed by atoms with E-state index >= 15 is 0 Å². The molecule has 0 bridgehead atoms. The minimum atomic E-state index is -0.137. The minimum Gasteiger partial charge on any atom is -0.303 e. The molecule has 1 saturated carbocycles. The molecule has 0 amide bonds. The summed E-state index contributed by atoms with van der Waals surface area (Å²) in [6.45, 7) is 5.81. The number of rotatable bonds is 4. The maximum Gasteiger partial charge on any atom is 0.126 e. The van der Waals surface area contributed by atoms with Gasteiger partial charge in [-0.15, -0.1) is 6.58 Å². The van der Waals surface area contributed by atoms with Crippen molar-refractivity contribution in [2.24, 2.45) is 11.3 Å². The topological polar surface area (TPSA) is 17.1 Å². The van der Waals surface area contributed by atoms with Gasteiger partial charge in [0.15, 0.2) is 0 Å². The third kappa shape index (κ3) is 2.43. The highest BCUT2D eigenvalue weighted by molar-refractivity contribution is 5.59. The van der Waals surface area contributed by atoms with Crippen molar-refractivity contribution in [1.29, 1.82) is 0 Å². The first-order valence-electron chi connectivity index (χ1n) is 5.30. The minimum absolute atomic E-state index is 0.137. The first-order valence-corrected chi connectivity index (χ1v) is 5.30. The van der Waals surface area contributed by atoms with Crippen LogP contribution in [-0.4, -0.2) is 6.29 Å². The van der Waals surface area contributed by atoms with Crippen LogP contribution < -0.4 is 0 Å². The molecule has 0 aromatic rings.